The zero-order chi connectivity index (χ0) is 11.7. The van der Waals surface area contributed by atoms with E-state index in [2.05, 4.69) is 0 Å². The molecule has 1 aromatic rings. The Morgan fingerprint density at radius 3 is 3.00 bits per heavy atom. The Labute approximate surface area is 94.4 Å². The first-order chi connectivity index (χ1) is 7.63. The summed E-state index contributed by atoms with van der Waals surface area (Å²) in [7, 11) is 0. The van der Waals surface area contributed by atoms with E-state index in [1.165, 1.54) is 6.07 Å². The Morgan fingerprint density at radius 1 is 1.62 bits per heavy atom. The van der Waals surface area contributed by atoms with Crippen molar-refractivity contribution >= 4 is 5.78 Å². The third-order valence-corrected chi connectivity index (χ3v) is 3.13. The lowest BCUT2D eigenvalue weighted by molar-refractivity contribution is -0.128. The number of hydrogen-bond acceptors (Lipinski definition) is 2. The highest BCUT2D eigenvalue weighted by Crippen LogP contribution is 2.32. The number of halogens is 1. The van der Waals surface area contributed by atoms with Crippen LogP contribution in [-0.4, -0.2) is 11.9 Å². The van der Waals surface area contributed by atoms with Crippen LogP contribution in [0.3, 0.4) is 0 Å². The van der Waals surface area contributed by atoms with Crippen LogP contribution in [0.1, 0.15) is 25.8 Å². The number of rotatable bonds is 3. The van der Waals surface area contributed by atoms with Crippen LogP contribution in [0.25, 0.3) is 0 Å². The predicted molar refractivity (Wildman–Crippen MR) is 59.0 cm³/mol. The molecule has 2 unspecified atom stereocenters. The van der Waals surface area contributed by atoms with Crippen molar-refractivity contribution in [3.05, 3.63) is 29.6 Å². The highest BCUT2D eigenvalue weighted by molar-refractivity contribution is 5.86. The minimum absolute atomic E-state index is 0.0256. The molecule has 0 radical (unpaired) electrons. The van der Waals surface area contributed by atoms with E-state index < -0.39 is 6.10 Å². The monoisotopic (exact) mass is 222 g/mol. The van der Waals surface area contributed by atoms with Gasteiger partial charge in [-0.2, -0.15) is 0 Å². The topological polar surface area (TPSA) is 26.3 Å². The number of ether oxygens (including phenoxy) is 1. The molecule has 0 amide bonds. The van der Waals surface area contributed by atoms with Crippen molar-refractivity contribution in [1.82, 2.24) is 0 Å². The summed E-state index contributed by atoms with van der Waals surface area (Å²) in [5.74, 6) is -0.0819. The fourth-order valence-corrected chi connectivity index (χ4v) is 1.91. The molecule has 0 saturated heterocycles. The predicted octanol–water partition coefficient (Wildman–Crippen LogP) is 2.74. The van der Waals surface area contributed by atoms with Gasteiger partial charge in [0.05, 0.1) is 0 Å². The first-order valence-corrected chi connectivity index (χ1v) is 5.61. The molecule has 0 aromatic heterocycles. The second-order valence-corrected chi connectivity index (χ2v) is 4.25. The van der Waals surface area contributed by atoms with Gasteiger partial charge in [0.1, 0.15) is 0 Å². The number of carbonyl (C=O) groups is 1. The van der Waals surface area contributed by atoms with E-state index >= 15 is 0 Å². The molecule has 0 N–H and O–H groups in total. The summed E-state index contributed by atoms with van der Waals surface area (Å²) < 4.78 is 18.8. The maximum atomic E-state index is 13.4. The molecule has 0 fully saturated rings. The Hall–Kier alpha value is -1.38. The number of hydrogen-bond donors (Lipinski definition) is 0. The summed E-state index contributed by atoms with van der Waals surface area (Å²) in [4.78, 5) is 11.9. The van der Waals surface area contributed by atoms with E-state index in [1.807, 2.05) is 19.9 Å². The van der Waals surface area contributed by atoms with Crippen molar-refractivity contribution in [3.63, 3.8) is 0 Å². The van der Waals surface area contributed by atoms with Gasteiger partial charge >= 0.3 is 0 Å². The van der Waals surface area contributed by atoms with Gasteiger partial charge in [-0.05, 0) is 12.5 Å². The van der Waals surface area contributed by atoms with E-state index in [9.17, 15) is 9.18 Å². The van der Waals surface area contributed by atoms with Gasteiger partial charge < -0.3 is 4.74 Å². The zero-order valence-electron chi connectivity index (χ0n) is 9.50. The van der Waals surface area contributed by atoms with Gasteiger partial charge in [0.15, 0.2) is 23.5 Å². The molecular formula is C13H15FO2. The molecule has 0 spiro atoms. The lowest BCUT2D eigenvalue weighted by Crippen LogP contribution is -2.30. The van der Waals surface area contributed by atoms with Crippen LogP contribution in [-0.2, 0) is 11.2 Å². The fourth-order valence-electron chi connectivity index (χ4n) is 1.91. The van der Waals surface area contributed by atoms with Crippen LogP contribution < -0.4 is 4.74 Å². The van der Waals surface area contributed by atoms with Crippen LogP contribution in [0, 0.1) is 11.7 Å². The van der Waals surface area contributed by atoms with Crippen LogP contribution in [0.4, 0.5) is 4.39 Å². The molecule has 1 aliphatic heterocycles. The van der Waals surface area contributed by atoms with E-state index in [4.69, 9.17) is 4.74 Å². The highest BCUT2D eigenvalue weighted by atomic mass is 19.1. The summed E-state index contributed by atoms with van der Waals surface area (Å²) in [6.45, 7) is 3.84. The SMILES string of the molecule is CCC(C)C(=O)C1Cc2cccc(F)c2O1. The maximum absolute atomic E-state index is 13.4. The van der Waals surface area contributed by atoms with Gasteiger partial charge in [-0.15, -0.1) is 0 Å². The average Bonchev–Trinajstić information content (AvgIpc) is 2.72. The Kier molecular flexibility index (Phi) is 2.95. The van der Waals surface area contributed by atoms with Crippen molar-refractivity contribution in [2.24, 2.45) is 5.92 Å². The normalized spacial score (nSPS) is 20.1. The van der Waals surface area contributed by atoms with Gasteiger partial charge in [-0.25, -0.2) is 4.39 Å². The summed E-state index contributed by atoms with van der Waals surface area (Å²) in [6.07, 6.45) is 0.787. The average molecular weight is 222 g/mol. The van der Waals surface area contributed by atoms with Crippen molar-refractivity contribution in [1.29, 1.82) is 0 Å². The van der Waals surface area contributed by atoms with Crippen molar-refractivity contribution in [2.75, 3.05) is 0 Å². The van der Waals surface area contributed by atoms with Crippen LogP contribution in [0.2, 0.25) is 0 Å². The minimum Gasteiger partial charge on any atom is -0.479 e. The molecule has 1 heterocycles. The van der Waals surface area contributed by atoms with E-state index in [0.717, 1.165) is 12.0 Å². The smallest absolute Gasteiger partial charge is 0.176 e. The van der Waals surface area contributed by atoms with E-state index in [1.54, 1.807) is 6.07 Å². The van der Waals surface area contributed by atoms with Crippen molar-refractivity contribution in [2.45, 2.75) is 32.8 Å². The molecule has 1 aliphatic rings. The van der Waals surface area contributed by atoms with Gasteiger partial charge in [0, 0.05) is 17.9 Å². The van der Waals surface area contributed by atoms with E-state index in [0.29, 0.717) is 6.42 Å². The first-order valence-electron chi connectivity index (χ1n) is 5.61. The summed E-state index contributed by atoms with van der Waals surface area (Å²) in [5, 5.41) is 0. The number of fused-ring (bicyclic) bond motifs is 1. The molecule has 0 saturated carbocycles. The lowest BCUT2D eigenvalue weighted by Gasteiger charge is -2.13. The Balaban J connectivity index is 2.17. The second kappa shape index (κ2) is 4.24. The van der Waals surface area contributed by atoms with Gasteiger partial charge in [0.25, 0.3) is 0 Å². The number of para-hydroxylation sites is 1. The number of benzene rings is 1. The van der Waals surface area contributed by atoms with Crippen LogP contribution >= 0.6 is 0 Å². The lowest BCUT2D eigenvalue weighted by atomic mass is 9.96. The second-order valence-electron chi connectivity index (χ2n) is 4.25. The molecule has 86 valence electrons. The van der Waals surface area contributed by atoms with Crippen molar-refractivity contribution in [3.8, 4) is 5.75 Å². The minimum atomic E-state index is -0.498. The molecule has 1 aromatic carbocycles. The molecule has 16 heavy (non-hydrogen) atoms. The molecule has 2 rings (SSSR count). The van der Waals surface area contributed by atoms with Gasteiger partial charge in [-0.3, -0.25) is 4.79 Å². The third kappa shape index (κ3) is 1.82. The molecular weight excluding hydrogens is 207 g/mol. The largest absolute Gasteiger partial charge is 0.479 e. The third-order valence-electron chi connectivity index (χ3n) is 3.13. The summed E-state index contributed by atoms with van der Waals surface area (Å²) >= 11 is 0. The molecule has 0 aliphatic carbocycles. The van der Waals surface area contributed by atoms with Crippen LogP contribution in [0.5, 0.6) is 5.75 Å². The molecule has 0 bridgehead atoms. The van der Waals surface area contributed by atoms with Gasteiger partial charge in [-0.1, -0.05) is 26.0 Å². The number of Topliss-reactive ketones (excluding diaryl/α,β-unsaturated/α-hetero) is 1. The number of carbonyl (C=O) groups excluding carboxylic acids is 1. The molecule has 2 nitrogen and oxygen atoms in total. The van der Waals surface area contributed by atoms with E-state index in [-0.39, 0.29) is 23.3 Å². The Morgan fingerprint density at radius 2 is 2.38 bits per heavy atom. The van der Waals surface area contributed by atoms with Gasteiger partial charge in [0.2, 0.25) is 0 Å². The first kappa shape index (κ1) is 11.1. The number of ketones is 1. The van der Waals surface area contributed by atoms with Crippen molar-refractivity contribution < 1.29 is 13.9 Å². The summed E-state index contributed by atoms with van der Waals surface area (Å²) in [6, 6.07) is 4.81. The standard InChI is InChI=1S/C13H15FO2/c1-3-8(2)12(15)11-7-9-5-4-6-10(14)13(9)16-11/h4-6,8,11H,3,7H2,1-2H3. The van der Waals surface area contributed by atoms with Crippen LogP contribution in [0.15, 0.2) is 18.2 Å². The molecule has 3 heteroatoms. The maximum Gasteiger partial charge on any atom is 0.176 e. The fraction of sp³-hybridized carbons (Fsp3) is 0.462. The highest BCUT2D eigenvalue weighted by Gasteiger charge is 2.32. The zero-order valence-corrected chi connectivity index (χ0v) is 9.50. The summed E-state index contributed by atoms with van der Waals surface area (Å²) in [5.41, 5.74) is 0.793. The molecule has 2 atom stereocenters. The quantitative estimate of drug-likeness (QED) is 0.786. The Bertz CT molecular complexity index is 414.